The molecule has 5 nitrogen and oxygen atoms in total. The summed E-state index contributed by atoms with van der Waals surface area (Å²) in [5.74, 6) is 0.184. The van der Waals surface area contributed by atoms with Crippen LogP contribution in [0, 0.1) is 13.8 Å². The molecule has 0 bridgehead atoms. The van der Waals surface area contributed by atoms with Gasteiger partial charge < -0.3 is 10.3 Å². The Labute approximate surface area is 114 Å². The second-order valence-corrected chi connectivity index (χ2v) is 5.20. The summed E-state index contributed by atoms with van der Waals surface area (Å²) in [6.07, 6.45) is 0. The lowest BCUT2D eigenvalue weighted by molar-refractivity contribution is 0.0813. The molecule has 1 aromatic carbocycles. The summed E-state index contributed by atoms with van der Waals surface area (Å²) in [6.45, 7) is 3.55. The van der Waals surface area contributed by atoms with Gasteiger partial charge in [0, 0.05) is 16.6 Å². The molecule has 6 heteroatoms. The maximum absolute atomic E-state index is 11.9. The highest BCUT2D eigenvalue weighted by atomic mass is 32.2. The molecule has 0 atom stereocenters. The molecule has 0 aliphatic rings. The van der Waals surface area contributed by atoms with Gasteiger partial charge in [0.1, 0.15) is 5.76 Å². The number of benzene rings is 1. The second-order valence-electron chi connectivity index (χ2n) is 4.19. The van der Waals surface area contributed by atoms with E-state index in [1.807, 2.05) is 19.1 Å². The topological polar surface area (TPSA) is 78.2 Å². The number of aromatic nitrogens is 1. The Kier molecular flexibility index (Phi) is 3.80. The number of hydrogen-bond acceptors (Lipinski definition) is 5. The van der Waals surface area contributed by atoms with Crippen molar-refractivity contribution in [1.82, 2.24) is 4.74 Å². The zero-order valence-corrected chi connectivity index (χ0v) is 11.5. The molecule has 0 saturated heterocycles. The van der Waals surface area contributed by atoms with Gasteiger partial charge in [-0.15, -0.1) is 16.5 Å². The van der Waals surface area contributed by atoms with Crippen LogP contribution in [0.2, 0.25) is 0 Å². The summed E-state index contributed by atoms with van der Waals surface area (Å²) in [7, 11) is 0. The minimum atomic E-state index is -0.433. The van der Waals surface area contributed by atoms with Gasteiger partial charge in [0.25, 0.3) is 11.5 Å². The summed E-state index contributed by atoms with van der Waals surface area (Å²) in [5.41, 5.74) is 6.91. The summed E-state index contributed by atoms with van der Waals surface area (Å²) in [5, 5.41) is 0. The minimum Gasteiger partial charge on any atom is -0.399 e. The molecule has 2 rings (SSSR count). The van der Waals surface area contributed by atoms with E-state index in [2.05, 4.69) is 0 Å². The van der Waals surface area contributed by atoms with E-state index in [-0.39, 0.29) is 11.7 Å². The van der Waals surface area contributed by atoms with Crippen LogP contribution in [0.15, 0.2) is 38.5 Å². The average Bonchev–Trinajstić information content (AvgIpc) is 2.67. The van der Waals surface area contributed by atoms with E-state index in [4.69, 9.17) is 10.3 Å². The lowest BCUT2D eigenvalue weighted by Gasteiger charge is -2.05. The smallest absolute Gasteiger partial charge is 0.290 e. The average molecular weight is 278 g/mol. The quantitative estimate of drug-likeness (QED) is 0.687. The molecule has 0 amide bonds. The van der Waals surface area contributed by atoms with Crippen molar-refractivity contribution in [2.24, 2.45) is 0 Å². The molecule has 0 fully saturated rings. The number of nitrogen functional groups attached to an aromatic ring is 1. The van der Waals surface area contributed by atoms with Crippen LogP contribution in [-0.4, -0.2) is 16.4 Å². The fourth-order valence-electron chi connectivity index (χ4n) is 1.65. The van der Waals surface area contributed by atoms with E-state index in [1.165, 1.54) is 17.8 Å². The lowest BCUT2D eigenvalue weighted by Crippen LogP contribution is -2.23. The third-order valence-corrected chi connectivity index (χ3v) is 3.70. The summed E-state index contributed by atoms with van der Waals surface area (Å²) in [6, 6.07) is 6.77. The summed E-state index contributed by atoms with van der Waals surface area (Å²) < 4.78 is 5.82. The van der Waals surface area contributed by atoms with Gasteiger partial charge in [-0.1, -0.05) is 0 Å². The first-order chi connectivity index (χ1) is 8.97. The van der Waals surface area contributed by atoms with Gasteiger partial charge in [0.2, 0.25) is 0 Å². The van der Waals surface area contributed by atoms with Gasteiger partial charge >= 0.3 is 0 Å². The van der Waals surface area contributed by atoms with Crippen molar-refractivity contribution in [3.8, 4) is 0 Å². The maximum atomic E-state index is 11.9. The molecule has 0 spiro atoms. The first-order valence-corrected chi connectivity index (χ1v) is 6.68. The lowest BCUT2D eigenvalue weighted by atomic mass is 10.2. The van der Waals surface area contributed by atoms with Gasteiger partial charge in [-0.25, -0.2) is 0 Å². The van der Waals surface area contributed by atoms with Crippen molar-refractivity contribution in [2.45, 2.75) is 18.7 Å². The van der Waals surface area contributed by atoms with Crippen molar-refractivity contribution >= 4 is 23.4 Å². The molecule has 1 aromatic heterocycles. The standard InChI is InChI=1S/C13H14N2O3S/c1-8-5-10(14)3-4-11(8)19-7-13(17)15-12(16)6-9(2)18-15/h3-6H,7,14H2,1-2H3. The van der Waals surface area contributed by atoms with E-state index >= 15 is 0 Å². The number of nitrogens with zero attached hydrogens (tertiary/aromatic N) is 1. The number of thioether (sulfide) groups is 1. The molecule has 0 radical (unpaired) electrons. The predicted octanol–water partition coefficient (Wildman–Crippen LogP) is 2.07. The molecular weight excluding hydrogens is 264 g/mol. The van der Waals surface area contributed by atoms with Crippen LogP contribution in [0.3, 0.4) is 0 Å². The van der Waals surface area contributed by atoms with Crippen LogP contribution in [0.4, 0.5) is 5.69 Å². The molecular formula is C13H14N2O3S. The van der Waals surface area contributed by atoms with E-state index < -0.39 is 5.56 Å². The van der Waals surface area contributed by atoms with E-state index in [0.717, 1.165) is 15.2 Å². The Morgan fingerprint density at radius 3 is 2.68 bits per heavy atom. The van der Waals surface area contributed by atoms with Gasteiger partial charge in [-0.05, 0) is 37.6 Å². The van der Waals surface area contributed by atoms with Crippen LogP contribution >= 0.6 is 11.8 Å². The highest BCUT2D eigenvalue weighted by Crippen LogP contribution is 2.24. The highest BCUT2D eigenvalue weighted by molar-refractivity contribution is 8.00. The Morgan fingerprint density at radius 1 is 1.37 bits per heavy atom. The molecule has 0 aliphatic carbocycles. The molecule has 0 unspecified atom stereocenters. The third kappa shape index (κ3) is 3.08. The molecule has 0 saturated carbocycles. The zero-order chi connectivity index (χ0) is 14.0. The Balaban J connectivity index is 2.08. The van der Waals surface area contributed by atoms with E-state index in [0.29, 0.717) is 11.4 Å². The number of hydrogen-bond donors (Lipinski definition) is 1. The monoisotopic (exact) mass is 278 g/mol. The zero-order valence-electron chi connectivity index (χ0n) is 10.7. The number of nitrogens with two attached hydrogens (primary N) is 1. The predicted molar refractivity (Wildman–Crippen MR) is 74.6 cm³/mol. The summed E-state index contributed by atoms with van der Waals surface area (Å²) >= 11 is 1.35. The van der Waals surface area contributed by atoms with Gasteiger partial charge in [0.15, 0.2) is 0 Å². The first-order valence-electron chi connectivity index (χ1n) is 5.69. The first kappa shape index (κ1) is 13.5. The number of anilines is 1. The van der Waals surface area contributed by atoms with Gasteiger partial charge in [-0.2, -0.15) is 0 Å². The van der Waals surface area contributed by atoms with Crippen LogP contribution in [0.25, 0.3) is 0 Å². The Hall–Kier alpha value is -1.95. The molecule has 19 heavy (non-hydrogen) atoms. The number of rotatable bonds is 3. The largest absolute Gasteiger partial charge is 0.399 e. The van der Waals surface area contributed by atoms with Crippen molar-refractivity contribution in [3.63, 3.8) is 0 Å². The SMILES string of the molecule is Cc1cc(=O)n(C(=O)CSc2ccc(N)cc2C)o1. The third-order valence-electron chi connectivity index (χ3n) is 2.54. The van der Waals surface area contributed by atoms with E-state index in [1.54, 1.807) is 13.0 Å². The summed E-state index contributed by atoms with van der Waals surface area (Å²) in [4.78, 5) is 24.2. The van der Waals surface area contributed by atoms with Crippen LogP contribution in [0.5, 0.6) is 0 Å². The number of carbonyl (C=O) groups excluding carboxylic acids is 1. The Bertz CT molecular complexity index is 673. The fourth-order valence-corrected chi connectivity index (χ4v) is 2.50. The van der Waals surface area contributed by atoms with Crippen LogP contribution in [-0.2, 0) is 0 Å². The Morgan fingerprint density at radius 2 is 2.11 bits per heavy atom. The normalized spacial score (nSPS) is 10.6. The van der Waals surface area contributed by atoms with Gasteiger partial charge in [-0.3, -0.25) is 9.59 Å². The van der Waals surface area contributed by atoms with Crippen molar-refractivity contribution in [3.05, 3.63) is 45.9 Å². The minimum absolute atomic E-state index is 0.137. The molecule has 2 aromatic rings. The number of aryl methyl sites for hydroxylation is 2. The van der Waals surface area contributed by atoms with Crippen LogP contribution in [0.1, 0.15) is 16.1 Å². The van der Waals surface area contributed by atoms with Crippen molar-refractivity contribution < 1.29 is 9.32 Å². The highest BCUT2D eigenvalue weighted by Gasteiger charge is 2.12. The van der Waals surface area contributed by atoms with Crippen molar-refractivity contribution in [2.75, 3.05) is 11.5 Å². The molecule has 1 heterocycles. The molecule has 2 N–H and O–H groups in total. The number of carbonyl (C=O) groups is 1. The molecule has 100 valence electrons. The fraction of sp³-hybridized carbons (Fsp3) is 0.231. The van der Waals surface area contributed by atoms with E-state index in [9.17, 15) is 9.59 Å². The van der Waals surface area contributed by atoms with Crippen LogP contribution < -0.4 is 11.3 Å². The molecule has 0 aliphatic heterocycles. The van der Waals surface area contributed by atoms with Crippen molar-refractivity contribution in [1.29, 1.82) is 0 Å². The second kappa shape index (κ2) is 5.36. The van der Waals surface area contributed by atoms with Gasteiger partial charge in [0.05, 0.1) is 5.75 Å². The maximum Gasteiger partial charge on any atom is 0.290 e.